The molecule has 19 heavy (non-hydrogen) atoms. The number of hydrogen-bond acceptors (Lipinski definition) is 2. The van der Waals surface area contributed by atoms with Crippen LogP contribution in [0.3, 0.4) is 0 Å². The van der Waals surface area contributed by atoms with Gasteiger partial charge in [0, 0.05) is 30.5 Å². The number of aryl methyl sites for hydroxylation is 1. The van der Waals surface area contributed by atoms with E-state index in [0.717, 1.165) is 25.9 Å². The fraction of sp³-hybridized carbons (Fsp3) is 0.667. The van der Waals surface area contributed by atoms with E-state index in [1.807, 2.05) is 6.92 Å². The van der Waals surface area contributed by atoms with E-state index < -0.39 is 0 Å². The van der Waals surface area contributed by atoms with Gasteiger partial charge in [0.25, 0.3) is 0 Å². The van der Waals surface area contributed by atoms with Gasteiger partial charge >= 0.3 is 0 Å². The third-order valence-corrected chi connectivity index (χ3v) is 3.91. The van der Waals surface area contributed by atoms with Crippen LogP contribution in [0.15, 0.2) is 6.07 Å². The molecular weight excluding hydrogens is 238 g/mol. The Kier molecular flexibility index (Phi) is 4.30. The third-order valence-electron chi connectivity index (χ3n) is 3.91. The lowest BCUT2D eigenvalue weighted by molar-refractivity contribution is -0.122. The van der Waals surface area contributed by atoms with Crippen LogP contribution in [-0.4, -0.2) is 22.6 Å². The molecule has 106 valence electrons. The Morgan fingerprint density at radius 3 is 2.68 bits per heavy atom. The molecule has 0 bridgehead atoms. The van der Waals surface area contributed by atoms with Gasteiger partial charge < -0.3 is 15.2 Å². The lowest BCUT2D eigenvalue weighted by Gasteiger charge is -2.14. The molecule has 1 aromatic heterocycles. The Balaban J connectivity index is 1.88. The standard InChI is InChI=1S/C15H25N3O/c1-5-18-10(2)8-13(12(18)4)9-16-11(3)15(19)17-14-6-7-14/h8,11,14,16H,5-7,9H2,1-4H3,(H,17,19). The number of carbonyl (C=O) groups excluding carboxylic acids is 1. The van der Waals surface area contributed by atoms with E-state index in [-0.39, 0.29) is 11.9 Å². The van der Waals surface area contributed by atoms with Crippen molar-refractivity contribution in [3.63, 3.8) is 0 Å². The first-order valence-electron chi connectivity index (χ1n) is 7.22. The summed E-state index contributed by atoms with van der Waals surface area (Å²) in [6, 6.07) is 2.50. The number of aromatic nitrogens is 1. The van der Waals surface area contributed by atoms with Crippen LogP contribution in [0.2, 0.25) is 0 Å². The van der Waals surface area contributed by atoms with E-state index >= 15 is 0 Å². The van der Waals surface area contributed by atoms with Crippen molar-refractivity contribution < 1.29 is 4.79 Å². The molecule has 1 fully saturated rings. The van der Waals surface area contributed by atoms with E-state index in [0.29, 0.717) is 6.04 Å². The molecule has 1 atom stereocenters. The van der Waals surface area contributed by atoms with Crippen LogP contribution in [0.5, 0.6) is 0 Å². The minimum Gasteiger partial charge on any atom is -0.352 e. The normalized spacial score (nSPS) is 16.4. The van der Waals surface area contributed by atoms with Gasteiger partial charge in [-0.25, -0.2) is 0 Å². The first-order chi connectivity index (χ1) is 9.02. The summed E-state index contributed by atoms with van der Waals surface area (Å²) in [6.45, 7) is 10.1. The van der Waals surface area contributed by atoms with Crippen molar-refractivity contribution in [3.05, 3.63) is 23.0 Å². The molecule has 4 nitrogen and oxygen atoms in total. The molecule has 2 N–H and O–H groups in total. The fourth-order valence-electron chi connectivity index (χ4n) is 2.45. The maximum absolute atomic E-state index is 11.8. The Labute approximate surface area is 115 Å². The molecule has 0 aliphatic heterocycles. The molecule has 0 aromatic carbocycles. The highest BCUT2D eigenvalue weighted by Gasteiger charge is 2.25. The summed E-state index contributed by atoms with van der Waals surface area (Å²) in [5, 5.41) is 6.34. The largest absolute Gasteiger partial charge is 0.352 e. The highest BCUT2D eigenvalue weighted by molar-refractivity contribution is 5.81. The van der Waals surface area contributed by atoms with Crippen LogP contribution >= 0.6 is 0 Å². The second kappa shape index (κ2) is 5.78. The van der Waals surface area contributed by atoms with Gasteiger partial charge in [0.1, 0.15) is 0 Å². The van der Waals surface area contributed by atoms with Gasteiger partial charge in [0.05, 0.1) is 6.04 Å². The second-order valence-electron chi connectivity index (χ2n) is 5.53. The number of amides is 1. The number of nitrogens with one attached hydrogen (secondary N) is 2. The van der Waals surface area contributed by atoms with E-state index in [2.05, 4.69) is 42.0 Å². The topological polar surface area (TPSA) is 46.1 Å². The summed E-state index contributed by atoms with van der Waals surface area (Å²) >= 11 is 0. The number of hydrogen-bond donors (Lipinski definition) is 2. The third kappa shape index (κ3) is 3.38. The maximum atomic E-state index is 11.8. The molecule has 1 saturated carbocycles. The van der Waals surface area contributed by atoms with Gasteiger partial charge in [-0.05, 0) is 52.2 Å². The molecule has 0 saturated heterocycles. The quantitative estimate of drug-likeness (QED) is 0.823. The van der Waals surface area contributed by atoms with Gasteiger partial charge in [-0.3, -0.25) is 4.79 Å². The zero-order chi connectivity index (χ0) is 14.0. The molecule has 1 aliphatic carbocycles. The smallest absolute Gasteiger partial charge is 0.237 e. The average molecular weight is 263 g/mol. The van der Waals surface area contributed by atoms with E-state index in [9.17, 15) is 4.79 Å². The number of rotatable bonds is 6. The van der Waals surface area contributed by atoms with Crippen molar-refractivity contribution in [3.8, 4) is 0 Å². The lowest BCUT2D eigenvalue weighted by atomic mass is 10.2. The monoisotopic (exact) mass is 263 g/mol. The summed E-state index contributed by atoms with van der Waals surface area (Å²) in [6.07, 6.45) is 2.27. The molecule has 1 aromatic rings. The van der Waals surface area contributed by atoms with Crippen molar-refractivity contribution in [2.24, 2.45) is 0 Å². The molecule has 0 spiro atoms. The Morgan fingerprint density at radius 2 is 2.16 bits per heavy atom. The Morgan fingerprint density at radius 1 is 1.47 bits per heavy atom. The molecule has 1 aliphatic rings. The van der Waals surface area contributed by atoms with Gasteiger partial charge in [0.2, 0.25) is 5.91 Å². The zero-order valence-electron chi connectivity index (χ0n) is 12.4. The van der Waals surface area contributed by atoms with Crippen molar-refractivity contribution in [1.82, 2.24) is 15.2 Å². The summed E-state index contributed by atoms with van der Waals surface area (Å²) in [5.74, 6) is 0.117. The Bertz CT molecular complexity index is 460. The van der Waals surface area contributed by atoms with E-state index in [1.165, 1.54) is 17.0 Å². The van der Waals surface area contributed by atoms with Gasteiger partial charge in [0.15, 0.2) is 0 Å². The molecule has 1 heterocycles. The maximum Gasteiger partial charge on any atom is 0.237 e. The van der Waals surface area contributed by atoms with E-state index in [4.69, 9.17) is 0 Å². The highest BCUT2D eigenvalue weighted by Crippen LogP contribution is 2.18. The SMILES string of the molecule is CCn1c(C)cc(CNC(C)C(=O)NC2CC2)c1C. The van der Waals surface area contributed by atoms with Crippen LogP contribution in [0.4, 0.5) is 0 Å². The van der Waals surface area contributed by atoms with Gasteiger partial charge in [-0.1, -0.05) is 0 Å². The van der Waals surface area contributed by atoms with Crippen LogP contribution in [0, 0.1) is 13.8 Å². The summed E-state index contributed by atoms with van der Waals surface area (Å²) in [7, 11) is 0. The van der Waals surface area contributed by atoms with E-state index in [1.54, 1.807) is 0 Å². The van der Waals surface area contributed by atoms with Crippen molar-refractivity contribution in [2.45, 2.75) is 65.7 Å². The lowest BCUT2D eigenvalue weighted by Crippen LogP contribution is -2.42. The molecular formula is C15H25N3O. The van der Waals surface area contributed by atoms with Crippen molar-refractivity contribution in [2.75, 3.05) is 0 Å². The van der Waals surface area contributed by atoms with Gasteiger partial charge in [-0.2, -0.15) is 0 Å². The predicted molar refractivity (Wildman–Crippen MR) is 77.0 cm³/mol. The first kappa shape index (κ1) is 14.1. The minimum atomic E-state index is -0.134. The first-order valence-corrected chi connectivity index (χ1v) is 7.22. The molecule has 0 radical (unpaired) electrons. The second-order valence-corrected chi connectivity index (χ2v) is 5.53. The summed E-state index contributed by atoms with van der Waals surface area (Å²) in [4.78, 5) is 11.8. The molecule has 1 unspecified atom stereocenters. The Hall–Kier alpha value is -1.29. The average Bonchev–Trinajstić information content (AvgIpc) is 3.13. The number of nitrogens with zero attached hydrogens (tertiary/aromatic N) is 1. The summed E-state index contributed by atoms with van der Waals surface area (Å²) in [5.41, 5.74) is 3.86. The number of carbonyl (C=O) groups is 1. The van der Waals surface area contributed by atoms with Crippen LogP contribution in [-0.2, 0) is 17.9 Å². The molecule has 1 amide bonds. The molecule has 2 rings (SSSR count). The van der Waals surface area contributed by atoms with Crippen LogP contribution in [0.1, 0.15) is 43.6 Å². The van der Waals surface area contributed by atoms with Crippen molar-refractivity contribution in [1.29, 1.82) is 0 Å². The van der Waals surface area contributed by atoms with Crippen LogP contribution in [0.25, 0.3) is 0 Å². The minimum absolute atomic E-state index is 0.117. The highest BCUT2D eigenvalue weighted by atomic mass is 16.2. The fourth-order valence-corrected chi connectivity index (χ4v) is 2.45. The summed E-state index contributed by atoms with van der Waals surface area (Å²) < 4.78 is 2.30. The predicted octanol–water partition coefficient (Wildman–Crippen LogP) is 1.88. The van der Waals surface area contributed by atoms with Crippen molar-refractivity contribution >= 4 is 5.91 Å². The van der Waals surface area contributed by atoms with Gasteiger partial charge in [-0.15, -0.1) is 0 Å². The molecule has 4 heteroatoms. The van der Waals surface area contributed by atoms with Crippen LogP contribution < -0.4 is 10.6 Å². The zero-order valence-corrected chi connectivity index (χ0v) is 12.4.